The van der Waals surface area contributed by atoms with Gasteiger partial charge in [0.05, 0.1) is 11.8 Å². The number of likely N-dealkylation sites (tertiary alicyclic amines) is 1. The lowest BCUT2D eigenvalue weighted by atomic mass is 9.93. The van der Waals surface area contributed by atoms with Crippen molar-refractivity contribution in [2.24, 2.45) is 11.7 Å². The first-order valence-electron chi connectivity index (χ1n) is 5.72. The Bertz CT molecular complexity index is 349. The highest BCUT2D eigenvalue weighted by Crippen LogP contribution is 2.22. The van der Waals surface area contributed by atoms with Gasteiger partial charge in [0.15, 0.2) is 0 Å². The minimum Gasteiger partial charge on any atom is -0.336 e. The highest BCUT2D eigenvalue weighted by molar-refractivity contribution is 5.93. The maximum absolute atomic E-state index is 12.2. The van der Waals surface area contributed by atoms with Gasteiger partial charge >= 0.3 is 0 Å². The van der Waals surface area contributed by atoms with Crippen molar-refractivity contribution < 1.29 is 4.79 Å². The molecule has 0 saturated carbocycles. The summed E-state index contributed by atoms with van der Waals surface area (Å²) in [5.41, 5.74) is 6.30. The average Bonchev–Trinajstić information content (AvgIpc) is 2.82. The van der Waals surface area contributed by atoms with Crippen LogP contribution in [0.1, 0.15) is 30.1 Å². The number of carbonyl (C=O) groups is 1. The lowest BCUT2D eigenvalue weighted by molar-refractivity contribution is 0.0567. The maximum Gasteiger partial charge on any atom is 0.257 e. The summed E-state index contributed by atoms with van der Waals surface area (Å²) in [6, 6.07) is 0.296. The van der Waals surface area contributed by atoms with E-state index in [0.29, 0.717) is 24.1 Å². The highest BCUT2D eigenvalue weighted by Gasteiger charge is 2.29. The Labute approximate surface area is 95.0 Å². The zero-order chi connectivity index (χ0) is 11.5. The highest BCUT2D eigenvalue weighted by atomic mass is 16.2. The molecular formula is C11H18N4O. The summed E-state index contributed by atoms with van der Waals surface area (Å²) in [4.78, 5) is 14.1. The van der Waals surface area contributed by atoms with Crippen molar-refractivity contribution in [3.05, 3.63) is 18.0 Å². The molecule has 2 rings (SSSR count). The molecule has 5 heteroatoms. The van der Waals surface area contributed by atoms with Crippen molar-refractivity contribution in [3.8, 4) is 0 Å². The van der Waals surface area contributed by atoms with E-state index in [9.17, 15) is 4.79 Å². The Morgan fingerprint density at radius 2 is 2.50 bits per heavy atom. The Kier molecular flexibility index (Phi) is 3.24. The van der Waals surface area contributed by atoms with E-state index in [1.807, 2.05) is 4.90 Å². The van der Waals surface area contributed by atoms with E-state index in [1.165, 1.54) is 0 Å². The van der Waals surface area contributed by atoms with Gasteiger partial charge in [0.2, 0.25) is 0 Å². The minimum atomic E-state index is 0.0550. The van der Waals surface area contributed by atoms with E-state index in [4.69, 9.17) is 5.73 Å². The molecule has 0 bridgehead atoms. The van der Waals surface area contributed by atoms with Gasteiger partial charge in [-0.1, -0.05) is 0 Å². The van der Waals surface area contributed by atoms with Crippen LogP contribution in [0.3, 0.4) is 0 Å². The fourth-order valence-electron chi connectivity index (χ4n) is 2.19. The van der Waals surface area contributed by atoms with Crippen molar-refractivity contribution in [2.75, 3.05) is 13.1 Å². The lowest BCUT2D eigenvalue weighted by Gasteiger charge is -2.37. The summed E-state index contributed by atoms with van der Waals surface area (Å²) in [5.74, 6) is 0.492. The predicted octanol–water partition coefficient (Wildman–Crippen LogP) is 0.609. The third-order valence-corrected chi connectivity index (χ3v) is 3.32. The summed E-state index contributed by atoms with van der Waals surface area (Å²) < 4.78 is 0. The SMILES string of the molecule is CC1CCC(CN)CN1C(=O)c1cn[nH]c1. The molecule has 0 aromatic carbocycles. The summed E-state index contributed by atoms with van der Waals surface area (Å²) in [6.45, 7) is 3.51. The smallest absolute Gasteiger partial charge is 0.257 e. The number of nitrogens with zero attached hydrogens (tertiary/aromatic N) is 2. The van der Waals surface area contributed by atoms with E-state index < -0.39 is 0 Å². The second-order valence-electron chi connectivity index (χ2n) is 4.47. The van der Waals surface area contributed by atoms with Crippen LogP contribution in [-0.2, 0) is 0 Å². The van der Waals surface area contributed by atoms with Gasteiger partial charge in [-0.05, 0) is 32.2 Å². The number of piperidine rings is 1. The summed E-state index contributed by atoms with van der Waals surface area (Å²) in [6.07, 6.45) is 5.36. The number of rotatable bonds is 2. The summed E-state index contributed by atoms with van der Waals surface area (Å²) >= 11 is 0. The van der Waals surface area contributed by atoms with Gasteiger partial charge < -0.3 is 10.6 Å². The van der Waals surface area contributed by atoms with Crippen LogP contribution < -0.4 is 5.73 Å². The quantitative estimate of drug-likeness (QED) is 0.769. The summed E-state index contributed by atoms with van der Waals surface area (Å²) in [5, 5.41) is 6.47. The van der Waals surface area contributed by atoms with Crippen LogP contribution >= 0.6 is 0 Å². The van der Waals surface area contributed by atoms with Gasteiger partial charge in [0.25, 0.3) is 5.91 Å². The number of nitrogens with one attached hydrogen (secondary N) is 1. The molecule has 2 heterocycles. The fraction of sp³-hybridized carbons (Fsp3) is 0.636. The number of carbonyl (C=O) groups excluding carboxylic acids is 1. The monoisotopic (exact) mass is 222 g/mol. The van der Waals surface area contributed by atoms with E-state index in [0.717, 1.165) is 19.4 Å². The van der Waals surface area contributed by atoms with E-state index in [1.54, 1.807) is 12.4 Å². The molecule has 1 aromatic rings. The number of H-pyrrole nitrogens is 1. The second kappa shape index (κ2) is 4.65. The van der Waals surface area contributed by atoms with Gasteiger partial charge in [0.1, 0.15) is 0 Å². The Hall–Kier alpha value is -1.36. The van der Waals surface area contributed by atoms with Crippen LogP contribution in [0.5, 0.6) is 0 Å². The van der Waals surface area contributed by atoms with Gasteiger partial charge in [-0.25, -0.2) is 0 Å². The summed E-state index contributed by atoms with van der Waals surface area (Å²) in [7, 11) is 0. The van der Waals surface area contributed by atoms with Crippen LogP contribution in [0.2, 0.25) is 0 Å². The van der Waals surface area contributed by atoms with Crippen LogP contribution in [-0.4, -0.2) is 40.1 Å². The first-order valence-corrected chi connectivity index (χ1v) is 5.72. The second-order valence-corrected chi connectivity index (χ2v) is 4.47. The Morgan fingerprint density at radius 1 is 1.69 bits per heavy atom. The van der Waals surface area contributed by atoms with E-state index >= 15 is 0 Å². The normalized spacial score (nSPS) is 25.8. The topological polar surface area (TPSA) is 75.0 Å². The molecule has 0 aliphatic carbocycles. The largest absolute Gasteiger partial charge is 0.336 e. The Morgan fingerprint density at radius 3 is 3.12 bits per heavy atom. The average molecular weight is 222 g/mol. The number of hydrogen-bond acceptors (Lipinski definition) is 3. The first kappa shape index (κ1) is 11.1. The maximum atomic E-state index is 12.2. The third-order valence-electron chi connectivity index (χ3n) is 3.32. The number of hydrogen-bond donors (Lipinski definition) is 2. The first-order chi connectivity index (χ1) is 7.72. The predicted molar refractivity (Wildman–Crippen MR) is 60.9 cm³/mol. The molecule has 3 N–H and O–H groups in total. The molecule has 2 atom stereocenters. The third kappa shape index (κ3) is 2.09. The van der Waals surface area contributed by atoms with Crippen molar-refractivity contribution in [1.82, 2.24) is 15.1 Å². The molecule has 1 fully saturated rings. The van der Waals surface area contributed by atoms with Crippen LogP contribution in [0.15, 0.2) is 12.4 Å². The molecule has 1 aliphatic rings. The van der Waals surface area contributed by atoms with Crippen LogP contribution in [0, 0.1) is 5.92 Å². The molecule has 88 valence electrons. The molecule has 5 nitrogen and oxygen atoms in total. The van der Waals surface area contributed by atoms with Crippen LogP contribution in [0.4, 0.5) is 0 Å². The van der Waals surface area contributed by atoms with Crippen molar-refractivity contribution in [1.29, 1.82) is 0 Å². The van der Waals surface area contributed by atoms with E-state index in [-0.39, 0.29) is 5.91 Å². The standard InChI is InChI=1S/C11H18N4O/c1-8-2-3-9(4-12)7-15(8)11(16)10-5-13-14-6-10/h5-6,8-9H,2-4,7,12H2,1H3,(H,13,14). The number of nitrogens with two attached hydrogens (primary N) is 1. The molecule has 16 heavy (non-hydrogen) atoms. The zero-order valence-electron chi connectivity index (χ0n) is 9.52. The molecule has 1 amide bonds. The number of amides is 1. The molecule has 1 aliphatic heterocycles. The van der Waals surface area contributed by atoms with Gasteiger partial charge in [-0.15, -0.1) is 0 Å². The van der Waals surface area contributed by atoms with Gasteiger partial charge in [0, 0.05) is 18.8 Å². The van der Waals surface area contributed by atoms with E-state index in [2.05, 4.69) is 17.1 Å². The fourth-order valence-corrected chi connectivity index (χ4v) is 2.19. The minimum absolute atomic E-state index is 0.0550. The van der Waals surface area contributed by atoms with Gasteiger partial charge in [-0.3, -0.25) is 9.89 Å². The molecule has 2 unspecified atom stereocenters. The molecule has 1 saturated heterocycles. The molecule has 1 aromatic heterocycles. The zero-order valence-corrected chi connectivity index (χ0v) is 9.52. The lowest BCUT2D eigenvalue weighted by Crippen LogP contribution is -2.47. The molecule has 0 spiro atoms. The Balaban J connectivity index is 2.09. The number of aromatic amines is 1. The van der Waals surface area contributed by atoms with Gasteiger partial charge in [-0.2, -0.15) is 5.10 Å². The van der Waals surface area contributed by atoms with Crippen LogP contribution in [0.25, 0.3) is 0 Å². The molecule has 0 radical (unpaired) electrons. The van der Waals surface area contributed by atoms with Crippen molar-refractivity contribution in [3.63, 3.8) is 0 Å². The van der Waals surface area contributed by atoms with Crippen molar-refractivity contribution in [2.45, 2.75) is 25.8 Å². The van der Waals surface area contributed by atoms with Crippen molar-refractivity contribution >= 4 is 5.91 Å². The molecular weight excluding hydrogens is 204 g/mol. The number of aromatic nitrogens is 2.